The van der Waals surface area contributed by atoms with E-state index in [1.54, 1.807) is 18.2 Å². The number of carboxylic acid groups (broad SMARTS) is 1. The van der Waals surface area contributed by atoms with Gasteiger partial charge in [0.25, 0.3) is 5.56 Å². The minimum atomic E-state index is -1.33. The number of fused-ring (bicyclic) bond motifs is 1. The molecule has 1 heterocycles. The average Bonchev–Trinajstić information content (AvgIpc) is 2.69. The van der Waals surface area contributed by atoms with Crippen molar-refractivity contribution in [2.75, 3.05) is 0 Å². The van der Waals surface area contributed by atoms with Gasteiger partial charge in [0, 0.05) is 11.8 Å². The van der Waals surface area contributed by atoms with Crippen LogP contribution in [0.2, 0.25) is 0 Å². The van der Waals surface area contributed by atoms with Crippen LogP contribution < -0.4 is 10.3 Å². The van der Waals surface area contributed by atoms with Crippen LogP contribution in [-0.2, 0) is 6.42 Å². The highest BCUT2D eigenvalue weighted by atomic mass is 19.1. The molecule has 0 aliphatic heterocycles. The number of carbonyl (C=O) groups is 1. The number of hydrogen-bond donors (Lipinski definition) is 2. The van der Waals surface area contributed by atoms with Crippen LogP contribution in [0.15, 0.2) is 41.2 Å². The number of aromatic nitrogens is 2. The Kier molecular flexibility index (Phi) is 6.26. The molecular weight excluding hydrogens is 375 g/mol. The van der Waals surface area contributed by atoms with E-state index in [0.717, 1.165) is 25.3 Å². The average molecular weight is 398 g/mol. The molecule has 4 rings (SSSR count). The van der Waals surface area contributed by atoms with Gasteiger partial charge in [-0.3, -0.25) is 4.79 Å². The fourth-order valence-corrected chi connectivity index (χ4v) is 3.13. The van der Waals surface area contributed by atoms with E-state index in [9.17, 15) is 14.0 Å². The first-order valence-electron chi connectivity index (χ1n) is 9.71. The van der Waals surface area contributed by atoms with E-state index in [1.165, 1.54) is 12.1 Å². The largest absolute Gasteiger partial charge is 0.490 e. The molecule has 1 aliphatic rings. The summed E-state index contributed by atoms with van der Waals surface area (Å²) in [5, 5.41) is 16.8. The number of hydrogen-bond acceptors (Lipinski definition) is 4. The van der Waals surface area contributed by atoms with Crippen molar-refractivity contribution in [2.24, 2.45) is 0 Å². The number of aromatic amines is 1. The van der Waals surface area contributed by atoms with Gasteiger partial charge >= 0.3 is 5.97 Å². The molecule has 1 aromatic heterocycles. The number of ether oxygens (including phenoxy) is 1. The predicted octanol–water partition coefficient (Wildman–Crippen LogP) is 4.31. The number of rotatable bonds is 5. The smallest absolute Gasteiger partial charge is 0.338 e. The lowest BCUT2D eigenvalue weighted by atomic mass is 9.96. The third-order valence-electron chi connectivity index (χ3n) is 4.83. The van der Waals surface area contributed by atoms with Gasteiger partial charge in [-0.05, 0) is 55.2 Å². The number of aromatic carboxylic acids is 1. The molecule has 0 spiro atoms. The summed E-state index contributed by atoms with van der Waals surface area (Å²) >= 11 is 0. The van der Waals surface area contributed by atoms with Crippen LogP contribution in [0.1, 0.15) is 54.7 Å². The number of halogens is 1. The van der Waals surface area contributed by atoms with Crippen LogP contribution in [-0.4, -0.2) is 27.4 Å². The lowest BCUT2D eigenvalue weighted by Gasteiger charge is -2.26. The summed E-state index contributed by atoms with van der Waals surface area (Å²) < 4.78 is 19.5. The van der Waals surface area contributed by atoms with E-state index >= 15 is 0 Å². The van der Waals surface area contributed by atoms with Crippen LogP contribution in [0.3, 0.4) is 0 Å². The molecule has 1 fully saturated rings. The first-order valence-corrected chi connectivity index (χ1v) is 9.71. The van der Waals surface area contributed by atoms with Crippen LogP contribution in [0.25, 0.3) is 10.8 Å². The molecule has 29 heavy (non-hydrogen) atoms. The van der Waals surface area contributed by atoms with Gasteiger partial charge in [0.15, 0.2) is 0 Å². The second-order valence-corrected chi connectivity index (χ2v) is 6.67. The van der Waals surface area contributed by atoms with Crippen molar-refractivity contribution in [3.05, 3.63) is 69.4 Å². The zero-order valence-electron chi connectivity index (χ0n) is 16.4. The van der Waals surface area contributed by atoms with Crippen molar-refractivity contribution >= 4 is 16.7 Å². The molecule has 1 aliphatic carbocycles. The van der Waals surface area contributed by atoms with Crippen molar-refractivity contribution in [2.45, 2.75) is 45.6 Å². The number of benzene rings is 2. The molecule has 0 radical (unpaired) electrons. The zero-order chi connectivity index (χ0) is 21.0. The number of nitrogens with one attached hydrogen (secondary N) is 1. The van der Waals surface area contributed by atoms with Gasteiger partial charge in [0.1, 0.15) is 11.6 Å². The minimum absolute atomic E-state index is 0.205. The van der Waals surface area contributed by atoms with Gasteiger partial charge in [-0.2, -0.15) is 5.10 Å². The molecule has 0 amide bonds. The highest BCUT2D eigenvalue weighted by Crippen LogP contribution is 2.28. The topological polar surface area (TPSA) is 92.3 Å². The molecule has 0 saturated heterocycles. The van der Waals surface area contributed by atoms with Crippen molar-refractivity contribution in [1.29, 1.82) is 0 Å². The molecule has 3 aromatic rings. The van der Waals surface area contributed by atoms with E-state index < -0.39 is 17.3 Å². The third kappa shape index (κ3) is 4.45. The van der Waals surface area contributed by atoms with Crippen LogP contribution >= 0.6 is 0 Å². The second kappa shape index (κ2) is 8.86. The Hall–Kier alpha value is -3.22. The first kappa shape index (κ1) is 20.5. The summed E-state index contributed by atoms with van der Waals surface area (Å²) in [5.41, 5.74) is 0.441. The van der Waals surface area contributed by atoms with Gasteiger partial charge in [-0.1, -0.05) is 19.9 Å². The maximum absolute atomic E-state index is 13.6. The van der Waals surface area contributed by atoms with E-state index in [0.29, 0.717) is 27.8 Å². The number of nitrogens with zero attached hydrogens (tertiary/aromatic N) is 1. The molecule has 2 aromatic carbocycles. The van der Waals surface area contributed by atoms with Gasteiger partial charge < -0.3 is 9.84 Å². The zero-order valence-corrected chi connectivity index (χ0v) is 16.4. The Balaban J connectivity index is 0.00000117. The fraction of sp³-hybridized carbons (Fsp3) is 0.318. The predicted molar refractivity (Wildman–Crippen MR) is 108 cm³/mol. The second-order valence-electron chi connectivity index (χ2n) is 6.67. The quantitative estimate of drug-likeness (QED) is 0.668. The van der Waals surface area contributed by atoms with Gasteiger partial charge in [0.05, 0.1) is 22.7 Å². The van der Waals surface area contributed by atoms with Crippen molar-refractivity contribution in [1.82, 2.24) is 10.2 Å². The van der Waals surface area contributed by atoms with Crippen molar-refractivity contribution < 1.29 is 19.0 Å². The molecular formula is C22H23FN2O4. The summed E-state index contributed by atoms with van der Waals surface area (Å²) in [7, 11) is 0. The summed E-state index contributed by atoms with van der Waals surface area (Å²) in [6.07, 6.45) is 3.65. The maximum atomic E-state index is 13.6. The van der Waals surface area contributed by atoms with Crippen LogP contribution in [0.5, 0.6) is 5.75 Å². The highest BCUT2D eigenvalue weighted by molar-refractivity contribution is 5.88. The van der Waals surface area contributed by atoms with E-state index in [4.69, 9.17) is 9.84 Å². The monoisotopic (exact) mass is 398 g/mol. The van der Waals surface area contributed by atoms with Crippen LogP contribution in [0.4, 0.5) is 4.39 Å². The van der Waals surface area contributed by atoms with Gasteiger partial charge in [-0.25, -0.2) is 14.3 Å². The van der Waals surface area contributed by atoms with E-state index in [1.807, 2.05) is 13.8 Å². The summed E-state index contributed by atoms with van der Waals surface area (Å²) in [6.45, 7) is 4.00. The Morgan fingerprint density at radius 2 is 1.97 bits per heavy atom. The highest BCUT2D eigenvalue weighted by Gasteiger charge is 2.20. The molecule has 1 saturated carbocycles. The summed E-state index contributed by atoms with van der Waals surface area (Å²) in [6, 6.07) is 9.16. The van der Waals surface area contributed by atoms with Gasteiger partial charge in [-0.15, -0.1) is 0 Å². The molecule has 6 nitrogen and oxygen atoms in total. The normalized spacial score (nSPS) is 13.3. The molecule has 2 N–H and O–H groups in total. The van der Waals surface area contributed by atoms with Gasteiger partial charge in [0.2, 0.25) is 0 Å². The number of carboxylic acids is 1. The lowest BCUT2D eigenvalue weighted by Crippen LogP contribution is -2.24. The molecule has 0 atom stereocenters. The first-order chi connectivity index (χ1) is 14.0. The Morgan fingerprint density at radius 1 is 1.21 bits per heavy atom. The molecule has 0 unspecified atom stereocenters. The summed E-state index contributed by atoms with van der Waals surface area (Å²) in [4.78, 5) is 23.2. The van der Waals surface area contributed by atoms with E-state index in [-0.39, 0.29) is 18.1 Å². The fourth-order valence-electron chi connectivity index (χ4n) is 3.13. The SMILES string of the molecule is CC.O=C(O)c1cc(Cc2n[nH]c(=O)c3ccc(OC4CCC4)cc23)ccc1F. The van der Waals surface area contributed by atoms with Crippen molar-refractivity contribution in [3.8, 4) is 5.75 Å². The Morgan fingerprint density at radius 3 is 2.62 bits per heavy atom. The van der Waals surface area contributed by atoms with E-state index in [2.05, 4.69) is 10.2 Å². The molecule has 0 bridgehead atoms. The standard InChI is InChI=1S/C20H17FN2O4.C2H6/c21-17-7-4-11(8-16(17)20(25)26)9-18-15-10-13(27-12-2-1-3-12)5-6-14(15)19(24)23-22-18;1-2/h4-8,10,12H,1-3,9H2,(H,23,24)(H,25,26);1-2H3. The summed E-state index contributed by atoms with van der Waals surface area (Å²) in [5.74, 6) is -1.45. The van der Waals surface area contributed by atoms with Crippen molar-refractivity contribution in [3.63, 3.8) is 0 Å². The third-order valence-corrected chi connectivity index (χ3v) is 4.83. The number of H-pyrrole nitrogens is 1. The lowest BCUT2D eigenvalue weighted by molar-refractivity contribution is 0.0691. The van der Waals surface area contributed by atoms with Crippen LogP contribution in [0, 0.1) is 5.82 Å². The Labute approximate surface area is 167 Å². The molecule has 7 heteroatoms. The maximum Gasteiger partial charge on any atom is 0.338 e. The Bertz CT molecular complexity index is 1090. The molecule has 152 valence electrons. The minimum Gasteiger partial charge on any atom is -0.490 e.